The SMILES string of the molecule is [SnH][c]1ccccc1-c1cccc2c1-c1ccccc1-2. The van der Waals surface area contributed by atoms with Crippen LogP contribution in [0.25, 0.3) is 33.4 Å². The second kappa shape index (κ2) is 4.24. The van der Waals surface area contributed by atoms with Crippen molar-refractivity contribution < 1.29 is 0 Å². The van der Waals surface area contributed by atoms with Crippen LogP contribution >= 0.6 is 0 Å². The third kappa shape index (κ3) is 1.59. The van der Waals surface area contributed by atoms with Crippen molar-refractivity contribution in [3.8, 4) is 33.4 Å². The Hall–Kier alpha value is -1.54. The third-order valence-electron chi connectivity index (χ3n) is 3.80. The number of benzene rings is 3. The van der Waals surface area contributed by atoms with Crippen LogP contribution in [0.4, 0.5) is 0 Å². The summed E-state index contributed by atoms with van der Waals surface area (Å²) in [5.74, 6) is 0. The van der Waals surface area contributed by atoms with Crippen molar-refractivity contribution in [3.05, 3.63) is 66.7 Å². The molecule has 3 aromatic rings. The number of hydrogen-bond acceptors (Lipinski definition) is 0. The van der Waals surface area contributed by atoms with Crippen LogP contribution in [0.5, 0.6) is 0 Å². The van der Waals surface area contributed by atoms with Crippen LogP contribution in [0.1, 0.15) is 0 Å². The Bertz CT molecular complexity index is 787. The summed E-state index contributed by atoms with van der Waals surface area (Å²) in [7, 11) is 0. The Kier molecular flexibility index (Phi) is 2.52. The van der Waals surface area contributed by atoms with Crippen LogP contribution in [0.3, 0.4) is 0 Å². The van der Waals surface area contributed by atoms with Crippen molar-refractivity contribution >= 4 is 26.1 Å². The Morgan fingerprint density at radius 3 is 1.74 bits per heavy atom. The van der Waals surface area contributed by atoms with E-state index in [0.29, 0.717) is 0 Å². The van der Waals surface area contributed by atoms with Gasteiger partial charge in [-0.15, -0.1) is 0 Å². The van der Waals surface area contributed by atoms with Gasteiger partial charge in [0.05, 0.1) is 0 Å². The molecule has 0 amide bonds. The van der Waals surface area contributed by atoms with E-state index < -0.39 is 0 Å². The molecule has 0 nitrogen and oxygen atoms in total. The maximum absolute atomic E-state index is 2.25. The van der Waals surface area contributed by atoms with Crippen LogP contribution in [-0.4, -0.2) is 22.5 Å². The molecule has 0 saturated carbocycles. The molecule has 88 valence electrons. The fraction of sp³-hybridized carbons (Fsp3) is 0. The molecule has 0 saturated heterocycles. The molecule has 0 atom stereocenters. The minimum absolute atomic E-state index is 1.16. The molecular weight excluding hydrogens is 335 g/mol. The molecule has 3 aromatic carbocycles. The molecule has 0 bridgehead atoms. The molecule has 0 fully saturated rings. The Morgan fingerprint density at radius 1 is 0.474 bits per heavy atom. The molecule has 0 aliphatic heterocycles. The van der Waals surface area contributed by atoms with E-state index >= 15 is 0 Å². The van der Waals surface area contributed by atoms with Gasteiger partial charge in [0.25, 0.3) is 0 Å². The summed E-state index contributed by atoms with van der Waals surface area (Å²) in [5.41, 5.74) is 8.41. The van der Waals surface area contributed by atoms with Gasteiger partial charge < -0.3 is 0 Å². The topological polar surface area (TPSA) is 0 Å². The molecule has 0 aromatic heterocycles. The summed E-state index contributed by atoms with van der Waals surface area (Å²) in [6.45, 7) is 0. The van der Waals surface area contributed by atoms with Gasteiger partial charge in [-0.1, -0.05) is 0 Å². The molecule has 0 N–H and O–H groups in total. The van der Waals surface area contributed by atoms with Crippen molar-refractivity contribution in [1.82, 2.24) is 0 Å². The van der Waals surface area contributed by atoms with E-state index in [1.54, 1.807) is 0 Å². The molecule has 1 heteroatoms. The van der Waals surface area contributed by atoms with Gasteiger partial charge >= 0.3 is 126 Å². The predicted octanol–water partition coefficient (Wildman–Crippen LogP) is 3.53. The quantitative estimate of drug-likeness (QED) is 0.462. The summed E-state index contributed by atoms with van der Waals surface area (Å²) in [5, 5.41) is 0. The van der Waals surface area contributed by atoms with Crippen molar-refractivity contribution in [1.29, 1.82) is 0 Å². The zero-order chi connectivity index (χ0) is 12.8. The zero-order valence-electron chi connectivity index (χ0n) is 10.4. The van der Waals surface area contributed by atoms with Crippen LogP contribution in [-0.2, 0) is 0 Å². The Balaban J connectivity index is 1.99. The van der Waals surface area contributed by atoms with E-state index in [9.17, 15) is 0 Å². The Labute approximate surface area is 126 Å². The van der Waals surface area contributed by atoms with Crippen LogP contribution < -0.4 is 3.58 Å². The molecule has 1 aliphatic carbocycles. The van der Waals surface area contributed by atoms with Gasteiger partial charge in [0.2, 0.25) is 0 Å². The fourth-order valence-corrected chi connectivity index (χ4v) is 3.94. The van der Waals surface area contributed by atoms with E-state index in [-0.39, 0.29) is 0 Å². The number of hydrogen-bond donors (Lipinski definition) is 0. The van der Waals surface area contributed by atoms with Crippen LogP contribution in [0.2, 0.25) is 0 Å². The van der Waals surface area contributed by atoms with E-state index in [1.165, 1.54) is 37.0 Å². The second-order valence-corrected chi connectivity index (χ2v) is 6.64. The monoisotopic (exact) mass is 348 g/mol. The first kappa shape index (κ1) is 11.3. The second-order valence-electron chi connectivity index (χ2n) is 4.86. The van der Waals surface area contributed by atoms with E-state index in [4.69, 9.17) is 0 Å². The molecule has 1 aliphatic rings. The summed E-state index contributed by atoms with van der Waals surface area (Å²) < 4.78 is 1.46. The van der Waals surface area contributed by atoms with Crippen molar-refractivity contribution in [3.63, 3.8) is 0 Å². The standard InChI is InChI=1S/C18H11.Sn.H/c1-2-7-13(8-3-1)14-11-6-12-17-15-9-4-5-10-16(15)18(14)17;;/h1-7,9-12H;;. The number of fused-ring (bicyclic) bond motifs is 4. The van der Waals surface area contributed by atoms with Crippen LogP contribution in [0.15, 0.2) is 66.7 Å². The molecular formula is C18H12Sn. The van der Waals surface area contributed by atoms with Gasteiger partial charge in [0.15, 0.2) is 0 Å². The minimum atomic E-state index is 1.16. The van der Waals surface area contributed by atoms with Crippen molar-refractivity contribution in [2.75, 3.05) is 0 Å². The zero-order valence-corrected chi connectivity index (χ0v) is 13.7. The predicted molar refractivity (Wildman–Crippen MR) is 83.1 cm³/mol. The molecule has 4 rings (SSSR count). The molecule has 0 unspecified atom stereocenters. The van der Waals surface area contributed by atoms with Gasteiger partial charge in [-0.25, -0.2) is 0 Å². The van der Waals surface area contributed by atoms with Gasteiger partial charge in [-0.05, 0) is 0 Å². The summed E-state index contributed by atoms with van der Waals surface area (Å²) in [4.78, 5) is 0. The molecule has 0 heterocycles. The first-order valence-corrected chi connectivity index (χ1v) is 8.09. The first-order chi connectivity index (χ1) is 9.36. The molecule has 19 heavy (non-hydrogen) atoms. The van der Waals surface area contributed by atoms with Gasteiger partial charge in [-0.2, -0.15) is 0 Å². The van der Waals surface area contributed by atoms with Crippen molar-refractivity contribution in [2.45, 2.75) is 0 Å². The maximum atomic E-state index is 2.25. The normalized spacial score (nSPS) is 11.4. The third-order valence-corrected chi connectivity index (χ3v) is 5.24. The summed E-state index contributed by atoms with van der Waals surface area (Å²) in [6, 6.07) is 24.1. The molecule has 2 radical (unpaired) electrons. The van der Waals surface area contributed by atoms with E-state index in [1.807, 2.05) is 0 Å². The van der Waals surface area contributed by atoms with Crippen LogP contribution in [0, 0.1) is 0 Å². The van der Waals surface area contributed by atoms with Gasteiger partial charge in [0.1, 0.15) is 0 Å². The van der Waals surface area contributed by atoms with Gasteiger partial charge in [-0.3, -0.25) is 0 Å². The summed E-state index contributed by atoms with van der Waals surface area (Å²) in [6.07, 6.45) is 0. The molecule has 0 spiro atoms. The Morgan fingerprint density at radius 2 is 1.00 bits per heavy atom. The first-order valence-electron chi connectivity index (χ1n) is 6.44. The van der Waals surface area contributed by atoms with E-state index in [2.05, 4.69) is 66.7 Å². The average molecular weight is 347 g/mol. The summed E-state index contributed by atoms with van der Waals surface area (Å²) >= 11 is 1.16. The van der Waals surface area contributed by atoms with Crippen molar-refractivity contribution in [2.24, 2.45) is 0 Å². The fourth-order valence-electron chi connectivity index (χ4n) is 2.91. The van der Waals surface area contributed by atoms with Gasteiger partial charge in [0, 0.05) is 0 Å². The van der Waals surface area contributed by atoms with E-state index in [0.717, 1.165) is 22.5 Å². The average Bonchev–Trinajstić information content (AvgIpc) is 2.44. The number of rotatable bonds is 1.